The van der Waals surface area contributed by atoms with Gasteiger partial charge in [-0.15, -0.1) is 0 Å². The largest absolute Gasteiger partial charge is 0.0622 e. The first kappa shape index (κ1) is 12.7. The van der Waals surface area contributed by atoms with E-state index in [9.17, 15) is 0 Å². The molecule has 0 heteroatoms. The van der Waals surface area contributed by atoms with Crippen molar-refractivity contribution in [3.63, 3.8) is 0 Å². The number of hydrogen-bond donors (Lipinski definition) is 0. The number of rotatable bonds is 0. The molecular formula is C19H32. The first-order valence-electron chi connectivity index (χ1n) is 9.11. The van der Waals surface area contributed by atoms with Crippen molar-refractivity contribution in [2.45, 2.75) is 72.1 Å². The molecule has 4 aliphatic rings. The zero-order valence-electron chi connectivity index (χ0n) is 13.2. The monoisotopic (exact) mass is 260 g/mol. The molecule has 4 rings (SSSR count). The van der Waals surface area contributed by atoms with E-state index in [2.05, 4.69) is 20.8 Å². The van der Waals surface area contributed by atoms with Gasteiger partial charge in [0.25, 0.3) is 0 Å². The van der Waals surface area contributed by atoms with Gasteiger partial charge in [-0.05, 0) is 91.8 Å². The molecule has 0 aromatic heterocycles. The van der Waals surface area contributed by atoms with Gasteiger partial charge in [0.15, 0.2) is 0 Å². The van der Waals surface area contributed by atoms with Gasteiger partial charge in [0.2, 0.25) is 0 Å². The molecule has 0 heterocycles. The Morgan fingerprint density at radius 1 is 0.789 bits per heavy atom. The van der Waals surface area contributed by atoms with Gasteiger partial charge in [-0.25, -0.2) is 0 Å². The SMILES string of the molecule is CC1CC2C(CCC3(C)C(C)CCC23)C2CCCC12. The minimum Gasteiger partial charge on any atom is -0.0622 e. The lowest BCUT2D eigenvalue weighted by atomic mass is 9.50. The summed E-state index contributed by atoms with van der Waals surface area (Å²) in [6, 6.07) is 0. The molecule has 0 saturated heterocycles. The number of fused-ring (bicyclic) bond motifs is 5. The van der Waals surface area contributed by atoms with Crippen molar-refractivity contribution < 1.29 is 0 Å². The Bertz CT molecular complexity index is 359. The molecule has 0 spiro atoms. The molecule has 0 amide bonds. The molecule has 0 aliphatic heterocycles. The first-order chi connectivity index (χ1) is 9.11. The molecule has 0 radical (unpaired) electrons. The van der Waals surface area contributed by atoms with Crippen LogP contribution in [0.5, 0.6) is 0 Å². The van der Waals surface area contributed by atoms with E-state index in [1.165, 1.54) is 6.42 Å². The first-order valence-corrected chi connectivity index (χ1v) is 9.11. The molecule has 8 atom stereocenters. The summed E-state index contributed by atoms with van der Waals surface area (Å²) in [5.41, 5.74) is 0.715. The normalized spacial score (nSPS) is 60.5. The van der Waals surface area contributed by atoms with Gasteiger partial charge in [0.1, 0.15) is 0 Å². The third-order valence-corrected chi connectivity index (χ3v) is 8.52. The molecule has 8 unspecified atom stereocenters. The summed E-state index contributed by atoms with van der Waals surface area (Å²) in [5, 5.41) is 0. The maximum atomic E-state index is 2.65. The van der Waals surface area contributed by atoms with Gasteiger partial charge in [-0.2, -0.15) is 0 Å². The molecule has 0 aromatic carbocycles. The Hall–Kier alpha value is 0. The highest BCUT2D eigenvalue weighted by Crippen LogP contribution is 2.65. The van der Waals surface area contributed by atoms with E-state index in [4.69, 9.17) is 0 Å². The quantitative estimate of drug-likeness (QED) is 0.538. The van der Waals surface area contributed by atoms with Crippen molar-refractivity contribution in [1.29, 1.82) is 0 Å². The van der Waals surface area contributed by atoms with E-state index in [-0.39, 0.29) is 0 Å². The molecule has 108 valence electrons. The van der Waals surface area contributed by atoms with Crippen LogP contribution >= 0.6 is 0 Å². The second kappa shape index (κ2) is 4.25. The van der Waals surface area contributed by atoms with Crippen LogP contribution in [0.4, 0.5) is 0 Å². The molecule has 0 N–H and O–H groups in total. The molecule has 19 heavy (non-hydrogen) atoms. The maximum Gasteiger partial charge on any atom is -0.0269 e. The molecule has 0 bridgehead atoms. The molecule has 4 saturated carbocycles. The third kappa shape index (κ3) is 1.64. The predicted molar refractivity (Wildman–Crippen MR) is 80.8 cm³/mol. The van der Waals surface area contributed by atoms with E-state index in [1.54, 1.807) is 44.9 Å². The summed E-state index contributed by atoms with van der Waals surface area (Å²) in [5.74, 6) is 7.61. The fraction of sp³-hybridized carbons (Fsp3) is 1.00. The minimum absolute atomic E-state index is 0.715. The van der Waals surface area contributed by atoms with E-state index in [1.807, 2.05) is 0 Å². The zero-order chi connectivity index (χ0) is 13.2. The highest BCUT2D eigenvalue weighted by atomic mass is 14.6. The second-order valence-electron chi connectivity index (χ2n) is 8.93. The lowest BCUT2D eigenvalue weighted by Gasteiger charge is -2.55. The van der Waals surface area contributed by atoms with Crippen LogP contribution in [0.25, 0.3) is 0 Å². The van der Waals surface area contributed by atoms with E-state index in [0.717, 1.165) is 41.4 Å². The van der Waals surface area contributed by atoms with E-state index >= 15 is 0 Å². The van der Waals surface area contributed by atoms with Crippen LogP contribution < -0.4 is 0 Å². The highest BCUT2D eigenvalue weighted by molar-refractivity contribution is 5.06. The van der Waals surface area contributed by atoms with Crippen LogP contribution in [0.1, 0.15) is 72.1 Å². The molecule has 4 fully saturated rings. The molecule has 0 nitrogen and oxygen atoms in total. The van der Waals surface area contributed by atoms with Gasteiger partial charge >= 0.3 is 0 Å². The minimum atomic E-state index is 0.715. The standard InChI is InChI=1S/C19H32/c1-12-11-17-16(15-6-4-5-14(12)15)9-10-19(3)13(2)7-8-18(17)19/h12-18H,4-11H2,1-3H3. The van der Waals surface area contributed by atoms with Crippen molar-refractivity contribution in [2.75, 3.05) is 0 Å². The summed E-state index contributed by atoms with van der Waals surface area (Å²) >= 11 is 0. The van der Waals surface area contributed by atoms with Crippen LogP contribution in [0, 0.1) is 46.8 Å². The zero-order valence-corrected chi connectivity index (χ0v) is 13.2. The van der Waals surface area contributed by atoms with Crippen LogP contribution in [0.2, 0.25) is 0 Å². The Morgan fingerprint density at radius 3 is 2.37 bits per heavy atom. The van der Waals surface area contributed by atoms with Crippen LogP contribution in [-0.2, 0) is 0 Å². The molecule has 0 aromatic rings. The van der Waals surface area contributed by atoms with Crippen molar-refractivity contribution >= 4 is 0 Å². The Labute approximate surface area is 119 Å². The lowest BCUT2D eigenvalue weighted by molar-refractivity contribution is -0.0597. The predicted octanol–water partition coefficient (Wildman–Crippen LogP) is 5.52. The smallest absolute Gasteiger partial charge is 0.0269 e. The Kier molecular flexibility index (Phi) is 2.84. The summed E-state index contributed by atoms with van der Waals surface area (Å²) in [6.07, 6.45) is 12.5. The fourth-order valence-corrected chi connectivity index (χ4v) is 7.31. The van der Waals surface area contributed by atoms with Crippen molar-refractivity contribution in [3.8, 4) is 0 Å². The summed E-state index contributed by atoms with van der Waals surface area (Å²) in [4.78, 5) is 0. The van der Waals surface area contributed by atoms with Crippen LogP contribution in [0.3, 0.4) is 0 Å². The lowest BCUT2D eigenvalue weighted by Crippen LogP contribution is -2.48. The fourth-order valence-electron chi connectivity index (χ4n) is 7.31. The van der Waals surface area contributed by atoms with Crippen LogP contribution in [-0.4, -0.2) is 0 Å². The average molecular weight is 260 g/mol. The van der Waals surface area contributed by atoms with E-state index < -0.39 is 0 Å². The highest BCUT2D eigenvalue weighted by Gasteiger charge is 2.56. The topological polar surface area (TPSA) is 0 Å². The van der Waals surface area contributed by atoms with Gasteiger partial charge in [-0.1, -0.05) is 27.2 Å². The third-order valence-electron chi connectivity index (χ3n) is 8.52. The van der Waals surface area contributed by atoms with Crippen LogP contribution in [0.15, 0.2) is 0 Å². The summed E-state index contributed by atoms with van der Waals surface area (Å²) < 4.78 is 0. The summed E-state index contributed by atoms with van der Waals surface area (Å²) in [6.45, 7) is 7.78. The Balaban J connectivity index is 1.64. The van der Waals surface area contributed by atoms with Gasteiger partial charge < -0.3 is 0 Å². The average Bonchev–Trinajstić information content (AvgIpc) is 2.96. The van der Waals surface area contributed by atoms with Gasteiger partial charge in [-0.3, -0.25) is 0 Å². The van der Waals surface area contributed by atoms with Crippen molar-refractivity contribution in [2.24, 2.45) is 46.8 Å². The molecular weight excluding hydrogens is 228 g/mol. The Morgan fingerprint density at radius 2 is 1.53 bits per heavy atom. The van der Waals surface area contributed by atoms with Crippen molar-refractivity contribution in [3.05, 3.63) is 0 Å². The van der Waals surface area contributed by atoms with Crippen molar-refractivity contribution in [1.82, 2.24) is 0 Å². The summed E-state index contributed by atoms with van der Waals surface area (Å²) in [7, 11) is 0. The molecule has 4 aliphatic carbocycles. The maximum absolute atomic E-state index is 2.65. The van der Waals surface area contributed by atoms with E-state index in [0.29, 0.717) is 5.41 Å². The van der Waals surface area contributed by atoms with Gasteiger partial charge in [0, 0.05) is 0 Å². The number of hydrogen-bond acceptors (Lipinski definition) is 0. The van der Waals surface area contributed by atoms with Gasteiger partial charge in [0.05, 0.1) is 0 Å². The second-order valence-corrected chi connectivity index (χ2v) is 8.93.